The van der Waals surface area contributed by atoms with E-state index in [-0.39, 0.29) is 23.2 Å². The number of fused-ring (bicyclic) bond motifs is 1. The van der Waals surface area contributed by atoms with Gasteiger partial charge in [0.15, 0.2) is 0 Å². The Hall–Kier alpha value is -1.62. The van der Waals surface area contributed by atoms with Crippen LogP contribution in [0.15, 0.2) is 23.3 Å². The van der Waals surface area contributed by atoms with Crippen molar-refractivity contribution in [1.29, 1.82) is 0 Å². The summed E-state index contributed by atoms with van der Waals surface area (Å²) in [7, 11) is 0. The van der Waals surface area contributed by atoms with Crippen LogP contribution in [-0.2, 0) is 14.3 Å². The fourth-order valence-corrected chi connectivity index (χ4v) is 5.45. The topological polar surface area (TPSA) is 83.8 Å². The third kappa shape index (κ3) is 2.82. The second-order valence-electron chi connectivity index (χ2n) is 8.40. The molecule has 3 aliphatic rings. The van der Waals surface area contributed by atoms with Crippen molar-refractivity contribution in [3.8, 4) is 0 Å². The average Bonchev–Trinajstić information content (AvgIpc) is 2.96. The van der Waals surface area contributed by atoms with Crippen molar-refractivity contribution in [2.45, 2.75) is 59.0 Å². The van der Waals surface area contributed by atoms with Crippen molar-refractivity contribution < 1.29 is 24.5 Å². The molecule has 0 aromatic heterocycles. The molecule has 0 spiro atoms. The molecule has 0 aromatic rings. The van der Waals surface area contributed by atoms with E-state index >= 15 is 0 Å². The van der Waals surface area contributed by atoms with Gasteiger partial charge >= 0.3 is 11.9 Å². The van der Waals surface area contributed by atoms with Crippen LogP contribution in [0.3, 0.4) is 0 Å². The average molecular weight is 348 g/mol. The summed E-state index contributed by atoms with van der Waals surface area (Å²) in [4.78, 5) is 23.1. The zero-order valence-corrected chi connectivity index (χ0v) is 15.2. The first-order valence-corrected chi connectivity index (χ1v) is 9.17. The largest absolute Gasteiger partial charge is 0.478 e. The molecule has 5 nitrogen and oxygen atoms in total. The highest BCUT2D eigenvalue weighted by Crippen LogP contribution is 2.62. The van der Waals surface area contributed by atoms with E-state index < -0.39 is 17.5 Å². The Labute approximate surface area is 148 Å². The van der Waals surface area contributed by atoms with E-state index in [1.165, 1.54) is 0 Å². The first-order chi connectivity index (χ1) is 11.7. The fraction of sp³-hybridized carbons (Fsp3) is 0.700. The van der Waals surface area contributed by atoms with Gasteiger partial charge in [0.2, 0.25) is 0 Å². The van der Waals surface area contributed by atoms with Gasteiger partial charge in [-0.15, -0.1) is 0 Å². The molecule has 0 amide bonds. The number of ether oxygens (including phenoxy) is 1. The van der Waals surface area contributed by atoms with Gasteiger partial charge in [-0.25, -0.2) is 9.59 Å². The minimum Gasteiger partial charge on any atom is -0.478 e. The number of carboxylic acid groups (broad SMARTS) is 1. The molecule has 0 radical (unpaired) electrons. The van der Waals surface area contributed by atoms with Gasteiger partial charge in [0.25, 0.3) is 0 Å². The molecule has 0 unspecified atom stereocenters. The van der Waals surface area contributed by atoms with Crippen molar-refractivity contribution in [3.05, 3.63) is 23.3 Å². The van der Waals surface area contributed by atoms with Crippen molar-refractivity contribution >= 4 is 11.9 Å². The van der Waals surface area contributed by atoms with Gasteiger partial charge in [-0.05, 0) is 54.9 Å². The highest BCUT2D eigenvalue weighted by Gasteiger charge is 2.59. The van der Waals surface area contributed by atoms with Gasteiger partial charge in [-0.3, -0.25) is 0 Å². The second-order valence-corrected chi connectivity index (χ2v) is 8.40. The summed E-state index contributed by atoms with van der Waals surface area (Å²) in [6, 6.07) is 0. The summed E-state index contributed by atoms with van der Waals surface area (Å²) in [5.41, 5.74) is 0.570. The Bertz CT molecular complexity index is 648. The fourth-order valence-electron chi connectivity index (χ4n) is 5.45. The molecule has 2 aliphatic carbocycles. The number of aliphatic hydroxyl groups is 1. The number of carbonyl (C=O) groups excluding carboxylic acids is 1. The number of aliphatic hydroxyl groups excluding tert-OH is 1. The molecular formula is C20H28O5. The van der Waals surface area contributed by atoms with Crippen LogP contribution < -0.4 is 0 Å². The maximum atomic E-state index is 11.8. The van der Waals surface area contributed by atoms with E-state index in [1.54, 1.807) is 12.2 Å². The van der Waals surface area contributed by atoms with Crippen LogP contribution in [-0.4, -0.2) is 34.9 Å². The number of esters is 1. The Kier molecular flexibility index (Phi) is 4.56. The monoisotopic (exact) mass is 348 g/mol. The van der Waals surface area contributed by atoms with Crippen LogP contribution in [0.2, 0.25) is 0 Å². The summed E-state index contributed by atoms with van der Waals surface area (Å²) in [5.74, 6) is -0.799. The second kappa shape index (κ2) is 6.27. The maximum absolute atomic E-state index is 11.8. The van der Waals surface area contributed by atoms with Crippen molar-refractivity contribution in [2.75, 3.05) is 6.61 Å². The molecular weight excluding hydrogens is 320 g/mol. The van der Waals surface area contributed by atoms with E-state index in [9.17, 15) is 19.8 Å². The summed E-state index contributed by atoms with van der Waals surface area (Å²) < 4.78 is 5.00. The molecule has 1 heterocycles. The van der Waals surface area contributed by atoms with Crippen LogP contribution in [0.5, 0.6) is 0 Å². The highest BCUT2D eigenvalue weighted by atomic mass is 16.5. The number of carboxylic acids is 1. The van der Waals surface area contributed by atoms with Crippen molar-refractivity contribution in [1.82, 2.24) is 0 Å². The van der Waals surface area contributed by atoms with Crippen LogP contribution in [0.25, 0.3) is 0 Å². The molecule has 3 rings (SSSR count). The predicted octanol–water partition coefficient (Wildman–Crippen LogP) is 3.08. The lowest BCUT2D eigenvalue weighted by molar-refractivity contribution is -0.148. The number of aliphatic carboxylic acids is 1. The lowest BCUT2D eigenvalue weighted by atomic mass is 9.45. The molecule has 2 N–H and O–H groups in total. The number of rotatable bonds is 4. The van der Waals surface area contributed by atoms with E-state index in [0.717, 1.165) is 31.3 Å². The Morgan fingerprint density at radius 3 is 2.72 bits per heavy atom. The van der Waals surface area contributed by atoms with E-state index in [0.29, 0.717) is 18.6 Å². The molecule has 25 heavy (non-hydrogen) atoms. The standard InChI is InChI=1S/C20H28O5/c1-12-9-16(21)20(3)14(18(23)24)5-4-6-15(20)19(12,2)8-7-13-10-17(22)25-11-13/h5,10,12,15-16,21H,4,6-9,11H2,1-3H3,(H,23,24)/t12-,15-,16+,19+,20+/m1/s1. The summed E-state index contributed by atoms with van der Waals surface area (Å²) >= 11 is 0. The van der Waals surface area contributed by atoms with Gasteiger partial charge in [-0.2, -0.15) is 0 Å². The number of carbonyl (C=O) groups is 2. The molecule has 5 heteroatoms. The van der Waals surface area contributed by atoms with Crippen LogP contribution in [0, 0.1) is 22.7 Å². The van der Waals surface area contributed by atoms with Gasteiger partial charge in [0.05, 0.1) is 6.10 Å². The number of allylic oxidation sites excluding steroid dienone is 1. The third-order valence-corrected chi connectivity index (χ3v) is 7.24. The summed E-state index contributed by atoms with van der Waals surface area (Å²) in [5, 5.41) is 20.5. The maximum Gasteiger partial charge on any atom is 0.331 e. The van der Waals surface area contributed by atoms with E-state index in [4.69, 9.17) is 4.74 Å². The first-order valence-electron chi connectivity index (χ1n) is 9.17. The van der Waals surface area contributed by atoms with Gasteiger partial charge in [0, 0.05) is 17.1 Å². The van der Waals surface area contributed by atoms with Gasteiger partial charge < -0.3 is 14.9 Å². The molecule has 0 saturated heterocycles. The van der Waals surface area contributed by atoms with Crippen LogP contribution >= 0.6 is 0 Å². The predicted molar refractivity (Wildman–Crippen MR) is 92.7 cm³/mol. The summed E-state index contributed by atoms with van der Waals surface area (Å²) in [6.45, 7) is 6.68. The Morgan fingerprint density at radius 1 is 1.40 bits per heavy atom. The molecule has 138 valence electrons. The quantitative estimate of drug-likeness (QED) is 0.763. The Morgan fingerprint density at radius 2 is 2.12 bits per heavy atom. The normalized spacial score (nSPS) is 40.8. The lowest BCUT2D eigenvalue weighted by Gasteiger charge is -2.59. The molecule has 0 aromatic carbocycles. The smallest absolute Gasteiger partial charge is 0.331 e. The summed E-state index contributed by atoms with van der Waals surface area (Å²) in [6.07, 6.45) is 6.61. The zero-order valence-electron chi connectivity index (χ0n) is 15.2. The Balaban J connectivity index is 1.90. The van der Waals surface area contributed by atoms with E-state index in [1.807, 2.05) is 6.92 Å². The number of hydrogen-bond acceptors (Lipinski definition) is 4. The SMILES string of the molecule is C[C@@H]1C[C@H](O)[C@@]2(C)C(C(=O)O)=CCC[C@@H]2[C@@]1(C)CCC1=CC(=O)OC1. The highest BCUT2D eigenvalue weighted by molar-refractivity contribution is 5.88. The van der Waals surface area contributed by atoms with E-state index in [2.05, 4.69) is 13.8 Å². The minimum atomic E-state index is -0.916. The van der Waals surface area contributed by atoms with Crippen LogP contribution in [0.1, 0.15) is 52.9 Å². The van der Waals surface area contributed by atoms with Crippen molar-refractivity contribution in [2.24, 2.45) is 22.7 Å². The zero-order chi connectivity index (χ0) is 18.4. The van der Waals surface area contributed by atoms with Gasteiger partial charge in [0.1, 0.15) is 6.61 Å². The molecule has 5 atom stereocenters. The first kappa shape index (κ1) is 18.2. The third-order valence-electron chi connectivity index (χ3n) is 7.24. The molecule has 1 fully saturated rings. The van der Waals surface area contributed by atoms with Gasteiger partial charge in [-0.1, -0.05) is 26.8 Å². The molecule has 1 aliphatic heterocycles. The number of hydrogen-bond donors (Lipinski definition) is 2. The van der Waals surface area contributed by atoms with Crippen molar-refractivity contribution in [3.63, 3.8) is 0 Å². The van der Waals surface area contributed by atoms with Crippen LogP contribution in [0.4, 0.5) is 0 Å². The molecule has 1 saturated carbocycles. The lowest BCUT2D eigenvalue weighted by Crippen LogP contribution is -2.57. The minimum absolute atomic E-state index is 0.0879. The molecule has 0 bridgehead atoms. The number of cyclic esters (lactones) is 1.